The van der Waals surface area contributed by atoms with Crippen molar-refractivity contribution in [3.8, 4) is 5.75 Å². The number of hydrogen-bond acceptors (Lipinski definition) is 4. The van der Waals surface area contributed by atoms with Crippen LogP contribution in [-0.2, 0) is 9.59 Å². The molecule has 0 atom stereocenters. The Hall–Kier alpha value is -1.84. The summed E-state index contributed by atoms with van der Waals surface area (Å²) in [5.74, 6) is 1.59. The number of nitrogens with zero attached hydrogens (tertiary/aromatic N) is 3. The summed E-state index contributed by atoms with van der Waals surface area (Å²) < 4.78 is 6.03. The second kappa shape index (κ2) is 11.2. The molecule has 28 heavy (non-hydrogen) atoms. The number of rotatable bonds is 5. The summed E-state index contributed by atoms with van der Waals surface area (Å²) in [5, 5.41) is 3.28. The van der Waals surface area contributed by atoms with Gasteiger partial charge < -0.3 is 15.0 Å². The molecule has 2 heterocycles. The van der Waals surface area contributed by atoms with Crippen LogP contribution in [0, 0.1) is 0 Å². The number of nitrogens with one attached hydrogen (secondary N) is 1. The first-order valence-corrected chi connectivity index (χ1v) is 9.68. The maximum Gasteiger partial charge on any atom is 0.229 e. The maximum atomic E-state index is 11.9. The van der Waals surface area contributed by atoms with Crippen LogP contribution < -0.4 is 10.1 Å². The molecule has 3 rings (SSSR count). The monoisotopic (exact) mass is 500 g/mol. The van der Waals surface area contributed by atoms with Crippen LogP contribution in [0.1, 0.15) is 32.1 Å². The molecule has 0 saturated carbocycles. The summed E-state index contributed by atoms with van der Waals surface area (Å²) in [4.78, 5) is 31.6. The van der Waals surface area contributed by atoms with Crippen molar-refractivity contribution < 1.29 is 14.3 Å². The highest BCUT2D eigenvalue weighted by Crippen LogP contribution is 2.18. The van der Waals surface area contributed by atoms with E-state index in [-0.39, 0.29) is 41.9 Å². The van der Waals surface area contributed by atoms with Crippen LogP contribution in [0.2, 0.25) is 0 Å². The zero-order chi connectivity index (χ0) is 19.1. The lowest BCUT2D eigenvalue weighted by Gasteiger charge is -2.34. The first-order valence-electron chi connectivity index (χ1n) is 9.68. The molecular weight excluding hydrogens is 471 g/mol. The van der Waals surface area contributed by atoms with Crippen LogP contribution >= 0.6 is 24.0 Å². The fraction of sp³-hybridized carbons (Fsp3) is 0.550. The molecule has 0 radical (unpaired) electrons. The summed E-state index contributed by atoms with van der Waals surface area (Å²) in [6.45, 7) is 2.63. The third-order valence-corrected chi connectivity index (χ3v) is 5.00. The minimum absolute atomic E-state index is 0. The van der Waals surface area contributed by atoms with Crippen molar-refractivity contribution in [3.05, 3.63) is 30.3 Å². The van der Waals surface area contributed by atoms with Crippen LogP contribution in [0.5, 0.6) is 5.75 Å². The highest BCUT2D eigenvalue weighted by molar-refractivity contribution is 14.0. The van der Waals surface area contributed by atoms with Gasteiger partial charge in [0.1, 0.15) is 11.9 Å². The molecule has 0 aliphatic carbocycles. The molecule has 0 bridgehead atoms. The van der Waals surface area contributed by atoms with Crippen molar-refractivity contribution in [2.45, 2.75) is 38.2 Å². The minimum Gasteiger partial charge on any atom is -0.490 e. The van der Waals surface area contributed by atoms with Gasteiger partial charge in [-0.3, -0.25) is 19.5 Å². The fourth-order valence-electron chi connectivity index (χ4n) is 3.54. The summed E-state index contributed by atoms with van der Waals surface area (Å²) in [7, 11) is 1.76. The third-order valence-electron chi connectivity index (χ3n) is 5.00. The van der Waals surface area contributed by atoms with Crippen LogP contribution in [0.15, 0.2) is 35.3 Å². The predicted octanol–water partition coefficient (Wildman–Crippen LogP) is 2.26. The summed E-state index contributed by atoms with van der Waals surface area (Å²) in [6.07, 6.45) is 3.68. The molecule has 1 aromatic rings. The van der Waals surface area contributed by atoms with E-state index in [4.69, 9.17) is 4.74 Å². The Labute approximate surface area is 183 Å². The molecule has 2 aliphatic rings. The normalized spacial score (nSPS) is 18.7. The van der Waals surface area contributed by atoms with Gasteiger partial charge in [-0.1, -0.05) is 18.2 Å². The number of para-hydroxylation sites is 1. The van der Waals surface area contributed by atoms with Gasteiger partial charge in [-0.05, 0) is 18.6 Å². The molecule has 1 N–H and O–H groups in total. The Kier molecular flexibility index (Phi) is 9.01. The smallest absolute Gasteiger partial charge is 0.229 e. The van der Waals surface area contributed by atoms with E-state index in [0.717, 1.165) is 37.6 Å². The molecular formula is C20H29IN4O3. The van der Waals surface area contributed by atoms with E-state index in [9.17, 15) is 9.59 Å². The van der Waals surface area contributed by atoms with Gasteiger partial charge in [0.2, 0.25) is 11.8 Å². The van der Waals surface area contributed by atoms with Gasteiger partial charge >= 0.3 is 0 Å². The molecule has 2 fully saturated rings. The fourth-order valence-corrected chi connectivity index (χ4v) is 3.54. The Balaban J connectivity index is 0.00000280. The Morgan fingerprint density at radius 3 is 2.39 bits per heavy atom. The Bertz CT molecular complexity index is 659. The van der Waals surface area contributed by atoms with Crippen LogP contribution in [-0.4, -0.2) is 66.9 Å². The van der Waals surface area contributed by atoms with Gasteiger partial charge in [0.25, 0.3) is 0 Å². The second-order valence-electron chi connectivity index (χ2n) is 6.88. The van der Waals surface area contributed by atoms with Gasteiger partial charge in [0, 0.05) is 58.9 Å². The minimum atomic E-state index is -0.0677. The summed E-state index contributed by atoms with van der Waals surface area (Å²) in [6, 6.07) is 9.91. The van der Waals surface area contributed by atoms with Gasteiger partial charge in [-0.25, -0.2) is 0 Å². The van der Waals surface area contributed by atoms with Crippen LogP contribution in [0.25, 0.3) is 0 Å². The molecule has 2 amide bonds. The average molecular weight is 500 g/mol. The number of amides is 2. The van der Waals surface area contributed by atoms with E-state index in [1.54, 1.807) is 7.05 Å². The van der Waals surface area contributed by atoms with E-state index >= 15 is 0 Å². The number of ether oxygens (including phenoxy) is 1. The molecule has 7 nitrogen and oxygen atoms in total. The number of likely N-dealkylation sites (tertiary alicyclic amines) is 2. The van der Waals surface area contributed by atoms with Crippen LogP contribution in [0.4, 0.5) is 0 Å². The summed E-state index contributed by atoms with van der Waals surface area (Å²) >= 11 is 0. The van der Waals surface area contributed by atoms with Crippen LogP contribution in [0.3, 0.4) is 0 Å². The lowest BCUT2D eigenvalue weighted by atomic mass is 10.1. The van der Waals surface area contributed by atoms with Gasteiger partial charge in [0.15, 0.2) is 5.96 Å². The first-order chi connectivity index (χ1) is 13.2. The number of piperidine rings is 2. The lowest BCUT2D eigenvalue weighted by Crippen LogP contribution is -2.50. The van der Waals surface area contributed by atoms with Gasteiger partial charge in [0.05, 0.1) is 0 Å². The van der Waals surface area contributed by atoms with E-state index in [1.807, 2.05) is 30.3 Å². The standard InChI is InChI=1S/C20H28N4O3.HI/c1-21-20(22-12-15-24-18(25)8-5-9-19(24)26)23-13-10-17(11-14-23)27-16-6-3-2-4-7-16;/h2-4,6-7,17H,5,8-15H2,1H3,(H,21,22);1H. The highest BCUT2D eigenvalue weighted by Gasteiger charge is 2.26. The number of hydrogen-bond donors (Lipinski definition) is 1. The number of imide groups is 1. The topological polar surface area (TPSA) is 74.2 Å². The molecule has 2 aliphatic heterocycles. The predicted molar refractivity (Wildman–Crippen MR) is 119 cm³/mol. The maximum absolute atomic E-state index is 11.9. The number of guanidine groups is 1. The first kappa shape index (κ1) is 22.4. The Morgan fingerprint density at radius 2 is 1.79 bits per heavy atom. The SMILES string of the molecule is CN=C(NCCN1C(=O)CCCC1=O)N1CCC(Oc2ccccc2)CC1.I. The van der Waals surface area contributed by atoms with Gasteiger partial charge in [-0.2, -0.15) is 0 Å². The number of aliphatic imine (C=N–C) groups is 1. The largest absolute Gasteiger partial charge is 0.490 e. The van der Waals surface area contributed by atoms with Crippen molar-refractivity contribution in [1.29, 1.82) is 0 Å². The van der Waals surface area contributed by atoms with E-state index in [2.05, 4.69) is 15.2 Å². The number of benzene rings is 1. The Morgan fingerprint density at radius 1 is 1.14 bits per heavy atom. The quantitative estimate of drug-likeness (QED) is 0.291. The third kappa shape index (κ3) is 6.08. The summed E-state index contributed by atoms with van der Waals surface area (Å²) in [5.41, 5.74) is 0. The average Bonchev–Trinajstić information content (AvgIpc) is 2.69. The molecule has 0 aromatic heterocycles. The zero-order valence-electron chi connectivity index (χ0n) is 16.3. The van der Waals surface area contributed by atoms with Crippen molar-refractivity contribution in [2.75, 3.05) is 33.2 Å². The number of carbonyl (C=O) groups is 2. The van der Waals surface area contributed by atoms with Crippen molar-refractivity contribution in [2.24, 2.45) is 4.99 Å². The van der Waals surface area contributed by atoms with Crippen molar-refractivity contribution >= 4 is 41.8 Å². The van der Waals surface area contributed by atoms with E-state index in [1.165, 1.54) is 4.90 Å². The van der Waals surface area contributed by atoms with Crippen molar-refractivity contribution in [3.63, 3.8) is 0 Å². The molecule has 1 aromatic carbocycles. The lowest BCUT2D eigenvalue weighted by molar-refractivity contribution is -0.147. The number of halogens is 1. The zero-order valence-corrected chi connectivity index (χ0v) is 18.6. The van der Waals surface area contributed by atoms with Crippen molar-refractivity contribution in [1.82, 2.24) is 15.1 Å². The second-order valence-corrected chi connectivity index (χ2v) is 6.88. The van der Waals surface area contributed by atoms with Gasteiger partial charge in [-0.15, -0.1) is 24.0 Å². The van der Waals surface area contributed by atoms with E-state index < -0.39 is 0 Å². The van der Waals surface area contributed by atoms with E-state index in [0.29, 0.717) is 32.4 Å². The number of carbonyl (C=O) groups excluding carboxylic acids is 2. The molecule has 0 unspecified atom stereocenters. The molecule has 8 heteroatoms. The molecule has 0 spiro atoms. The molecule has 154 valence electrons. The molecule has 2 saturated heterocycles. The highest BCUT2D eigenvalue weighted by atomic mass is 127.